The molecule has 144 valence electrons. The SMILES string of the molecule is CC1(C)COCCN1C(=O)c1cccc(S(=O)(=O)Nc2ccc(Br)cc2)c1. The maximum absolute atomic E-state index is 12.9. The van der Waals surface area contributed by atoms with Crippen LogP contribution in [-0.4, -0.2) is 44.5 Å². The van der Waals surface area contributed by atoms with Gasteiger partial charge in [-0.1, -0.05) is 22.0 Å². The van der Waals surface area contributed by atoms with Crippen LogP contribution in [0.5, 0.6) is 0 Å². The Hall–Kier alpha value is -1.90. The van der Waals surface area contributed by atoms with Gasteiger partial charge in [0.2, 0.25) is 0 Å². The van der Waals surface area contributed by atoms with Crippen LogP contribution in [-0.2, 0) is 14.8 Å². The van der Waals surface area contributed by atoms with Crippen molar-refractivity contribution in [1.29, 1.82) is 0 Å². The molecule has 2 aromatic rings. The number of rotatable bonds is 4. The third-order valence-corrected chi connectivity index (χ3v) is 6.29. The molecule has 1 fully saturated rings. The topological polar surface area (TPSA) is 75.7 Å². The molecular formula is C19H21BrN2O4S. The Morgan fingerprint density at radius 2 is 1.89 bits per heavy atom. The van der Waals surface area contributed by atoms with Gasteiger partial charge in [0.25, 0.3) is 15.9 Å². The van der Waals surface area contributed by atoms with Crippen LogP contribution in [0.15, 0.2) is 57.9 Å². The molecule has 0 aliphatic carbocycles. The van der Waals surface area contributed by atoms with E-state index in [0.717, 1.165) is 4.47 Å². The molecule has 0 aromatic heterocycles. The summed E-state index contributed by atoms with van der Waals surface area (Å²) in [6, 6.07) is 12.9. The van der Waals surface area contributed by atoms with Crippen molar-refractivity contribution in [2.45, 2.75) is 24.3 Å². The van der Waals surface area contributed by atoms with E-state index in [1.54, 1.807) is 41.3 Å². The molecule has 6 nitrogen and oxygen atoms in total. The Morgan fingerprint density at radius 3 is 2.56 bits per heavy atom. The minimum Gasteiger partial charge on any atom is -0.377 e. The molecule has 8 heteroatoms. The van der Waals surface area contributed by atoms with Gasteiger partial charge in [-0.3, -0.25) is 9.52 Å². The van der Waals surface area contributed by atoms with Gasteiger partial charge in [0.1, 0.15) is 0 Å². The largest absolute Gasteiger partial charge is 0.377 e. The number of ether oxygens (including phenoxy) is 1. The molecule has 0 atom stereocenters. The summed E-state index contributed by atoms with van der Waals surface area (Å²) in [7, 11) is -3.80. The van der Waals surface area contributed by atoms with Crippen molar-refractivity contribution in [3.05, 3.63) is 58.6 Å². The third kappa shape index (κ3) is 4.51. The number of carbonyl (C=O) groups excluding carboxylic acids is 1. The number of amides is 1. The summed E-state index contributed by atoms with van der Waals surface area (Å²) in [6.07, 6.45) is 0. The van der Waals surface area contributed by atoms with Crippen molar-refractivity contribution in [2.24, 2.45) is 0 Å². The molecular weight excluding hydrogens is 432 g/mol. The molecule has 0 saturated carbocycles. The molecule has 3 rings (SSSR count). The maximum Gasteiger partial charge on any atom is 0.261 e. The number of carbonyl (C=O) groups is 1. The highest BCUT2D eigenvalue weighted by molar-refractivity contribution is 9.10. The molecule has 0 unspecified atom stereocenters. The van der Waals surface area contributed by atoms with E-state index in [1.165, 1.54) is 12.1 Å². The van der Waals surface area contributed by atoms with Crippen LogP contribution in [0.25, 0.3) is 0 Å². The van der Waals surface area contributed by atoms with Gasteiger partial charge < -0.3 is 9.64 Å². The zero-order valence-electron chi connectivity index (χ0n) is 15.1. The fourth-order valence-electron chi connectivity index (χ4n) is 2.92. The van der Waals surface area contributed by atoms with Crippen molar-refractivity contribution >= 4 is 37.5 Å². The van der Waals surface area contributed by atoms with Crippen molar-refractivity contribution in [3.8, 4) is 0 Å². The van der Waals surface area contributed by atoms with Crippen LogP contribution < -0.4 is 4.72 Å². The lowest BCUT2D eigenvalue weighted by molar-refractivity contribution is -0.0370. The van der Waals surface area contributed by atoms with Gasteiger partial charge in [0.15, 0.2) is 0 Å². The smallest absolute Gasteiger partial charge is 0.261 e. The molecule has 1 aliphatic rings. The molecule has 27 heavy (non-hydrogen) atoms. The summed E-state index contributed by atoms with van der Waals surface area (Å²) >= 11 is 3.31. The third-order valence-electron chi connectivity index (χ3n) is 4.38. The van der Waals surface area contributed by atoms with Gasteiger partial charge in [-0.15, -0.1) is 0 Å². The molecule has 0 spiro atoms. The van der Waals surface area contributed by atoms with Gasteiger partial charge in [-0.05, 0) is 56.3 Å². The second-order valence-electron chi connectivity index (χ2n) is 6.96. The Morgan fingerprint density at radius 1 is 1.19 bits per heavy atom. The zero-order chi connectivity index (χ0) is 19.7. The molecule has 1 saturated heterocycles. The molecule has 1 aliphatic heterocycles. The Labute approximate surface area is 167 Å². The van der Waals surface area contributed by atoms with E-state index in [2.05, 4.69) is 20.7 Å². The quantitative estimate of drug-likeness (QED) is 0.769. The standard InChI is InChI=1S/C19H21BrN2O4S/c1-19(2)13-26-11-10-22(19)18(23)14-4-3-5-17(12-14)27(24,25)21-16-8-6-15(20)7-9-16/h3-9,12,21H,10-11,13H2,1-2H3. The number of sulfonamides is 1. The number of hydrogen-bond acceptors (Lipinski definition) is 4. The lowest BCUT2D eigenvalue weighted by Crippen LogP contribution is -2.55. The van der Waals surface area contributed by atoms with E-state index in [0.29, 0.717) is 31.0 Å². The molecule has 1 N–H and O–H groups in total. The minimum absolute atomic E-state index is 0.0438. The summed E-state index contributed by atoms with van der Waals surface area (Å²) in [5.41, 5.74) is 0.341. The number of halogens is 1. The number of nitrogens with zero attached hydrogens (tertiary/aromatic N) is 1. The highest BCUT2D eigenvalue weighted by atomic mass is 79.9. The van der Waals surface area contributed by atoms with E-state index in [-0.39, 0.29) is 10.8 Å². The highest BCUT2D eigenvalue weighted by Gasteiger charge is 2.34. The van der Waals surface area contributed by atoms with Gasteiger partial charge in [-0.25, -0.2) is 8.42 Å². The summed E-state index contributed by atoms with van der Waals surface area (Å²) in [5, 5.41) is 0. The van der Waals surface area contributed by atoms with Gasteiger partial charge >= 0.3 is 0 Å². The number of hydrogen-bond donors (Lipinski definition) is 1. The van der Waals surface area contributed by atoms with Crippen LogP contribution in [0.4, 0.5) is 5.69 Å². The monoisotopic (exact) mass is 452 g/mol. The first-order chi connectivity index (χ1) is 12.7. The Bertz CT molecular complexity index is 942. The van der Waals surface area contributed by atoms with Crippen molar-refractivity contribution < 1.29 is 17.9 Å². The average molecular weight is 453 g/mol. The molecule has 0 radical (unpaired) electrons. The van der Waals surface area contributed by atoms with E-state index >= 15 is 0 Å². The summed E-state index contributed by atoms with van der Waals surface area (Å²) in [5.74, 6) is -0.205. The lowest BCUT2D eigenvalue weighted by atomic mass is 10.0. The maximum atomic E-state index is 12.9. The molecule has 1 amide bonds. The van der Waals surface area contributed by atoms with Gasteiger partial charge in [0, 0.05) is 22.3 Å². The second kappa shape index (κ2) is 7.61. The summed E-state index contributed by atoms with van der Waals surface area (Å²) in [4.78, 5) is 14.7. The van der Waals surface area contributed by atoms with E-state index < -0.39 is 15.6 Å². The van der Waals surface area contributed by atoms with E-state index in [1.807, 2.05) is 13.8 Å². The second-order valence-corrected chi connectivity index (χ2v) is 9.56. The Kier molecular flexibility index (Phi) is 5.60. The van der Waals surface area contributed by atoms with Crippen LogP contribution >= 0.6 is 15.9 Å². The molecule has 1 heterocycles. The number of morpholine rings is 1. The molecule has 2 aromatic carbocycles. The predicted molar refractivity (Wildman–Crippen MR) is 107 cm³/mol. The Balaban J connectivity index is 1.86. The van der Waals surface area contributed by atoms with Gasteiger partial charge in [-0.2, -0.15) is 0 Å². The van der Waals surface area contributed by atoms with Crippen LogP contribution in [0.2, 0.25) is 0 Å². The van der Waals surface area contributed by atoms with E-state index in [9.17, 15) is 13.2 Å². The first-order valence-corrected chi connectivity index (χ1v) is 10.7. The number of nitrogens with one attached hydrogen (secondary N) is 1. The average Bonchev–Trinajstić information content (AvgIpc) is 2.63. The molecule has 0 bridgehead atoms. The van der Waals surface area contributed by atoms with Crippen LogP contribution in [0, 0.1) is 0 Å². The predicted octanol–water partition coefficient (Wildman–Crippen LogP) is 3.50. The van der Waals surface area contributed by atoms with Crippen molar-refractivity contribution in [1.82, 2.24) is 4.90 Å². The highest BCUT2D eigenvalue weighted by Crippen LogP contribution is 2.24. The van der Waals surface area contributed by atoms with E-state index in [4.69, 9.17) is 4.74 Å². The first kappa shape index (κ1) is 19.9. The fourth-order valence-corrected chi connectivity index (χ4v) is 4.29. The summed E-state index contributed by atoms with van der Waals surface area (Å²) in [6.45, 7) is 5.25. The number of anilines is 1. The normalized spacial score (nSPS) is 16.8. The summed E-state index contributed by atoms with van der Waals surface area (Å²) < 4.78 is 34.2. The first-order valence-electron chi connectivity index (χ1n) is 8.47. The lowest BCUT2D eigenvalue weighted by Gasteiger charge is -2.42. The zero-order valence-corrected chi connectivity index (χ0v) is 17.5. The number of benzene rings is 2. The minimum atomic E-state index is -3.80. The van der Waals surface area contributed by atoms with Gasteiger partial charge in [0.05, 0.1) is 23.6 Å². The van der Waals surface area contributed by atoms with Crippen LogP contribution in [0.3, 0.4) is 0 Å². The van der Waals surface area contributed by atoms with Crippen LogP contribution in [0.1, 0.15) is 24.2 Å². The van der Waals surface area contributed by atoms with Crippen molar-refractivity contribution in [3.63, 3.8) is 0 Å². The fraction of sp³-hybridized carbons (Fsp3) is 0.316. The van der Waals surface area contributed by atoms with Crippen molar-refractivity contribution in [2.75, 3.05) is 24.5 Å².